The Bertz CT molecular complexity index is 984. The highest BCUT2D eigenvalue weighted by Gasteiger charge is 2.41. The van der Waals surface area contributed by atoms with Gasteiger partial charge in [-0.15, -0.1) is 11.3 Å². The van der Waals surface area contributed by atoms with E-state index in [1.165, 1.54) is 15.9 Å². The maximum Gasteiger partial charge on any atom is 0.462 e. The first-order valence-electron chi connectivity index (χ1n) is 7.25. The second-order valence-corrected chi connectivity index (χ2v) is 7.07. The Balaban J connectivity index is 1.97. The summed E-state index contributed by atoms with van der Waals surface area (Å²) in [5.74, 6) is -0.119. The van der Waals surface area contributed by atoms with Crippen molar-refractivity contribution in [1.29, 1.82) is 0 Å². The van der Waals surface area contributed by atoms with Crippen LogP contribution in [0, 0.1) is 0 Å². The van der Waals surface area contributed by atoms with E-state index in [4.69, 9.17) is 16.3 Å². The van der Waals surface area contributed by atoms with Crippen molar-refractivity contribution in [3.05, 3.63) is 56.2 Å². The fourth-order valence-electron chi connectivity index (χ4n) is 2.88. The minimum Gasteiger partial charge on any atom is -0.477 e. The Labute approximate surface area is 146 Å². The lowest BCUT2D eigenvalue weighted by molar-refractivity contribution is -0.704. The maximum absolute atomic E-state index is 12.7. The van der Waals surface area contributed by atoms with Crippen molar-refractivity contribution in [2.24, 2.45) is 7.05 Å². The van der Waals surface area contributed by atoms with Gasteiger partial charge in [0.15, 0.2) is 16.1 Å². The van der Waals surface area contributed by atoms with Crippen LogP contribution in [0.25, 0.3) is 11.1 Å². The number of halogens is 1. The van der Waals surface area contributed by atoms with Crippen molar-refractivity contribution >= 4 is 22.9 Å². The van der Waals surface area contributed by atoms with E-state index in [0.717, 1.165) is 4.88 Å². The number of ether oxygens (including phenoxy) is 1. The summed E-state index contributed by atoms with van der Waals surface area (Å²) in [5, 5.41) is 10.8. The molecule has 8 heteroatoms. The largest absolute Gasteiger partial charge is 0.477 e. The SMILES string of the molecule is Cn1c2[n+](c(O)c(-c3ccccc3)c1=O)C(c1cnc(Cl)s1)CO2. The van der Waals surface area contributed by atoms with Crippen molar-refractivity contribution in [1.82, 2.24) is 9.55 Å². The second-order valence-electron chi connectivity index (χ2n) is 5.42. The van der Waals surface area contributed by atoms with Crippen LogP contribution < -0.4 is 14.9 Å². The van der Waals surface area contributed by atoms with Crippen molar-refractivity contribution in [2.45, 2.75) is 6.04 Å². The average Bonchev–Trinajstić information content (AvgIpc) is 3.20. The predicted molar refractivity (Wildman–Crippen MR) is 89.7 cm³/mol. The van der Waals surface area contributed by atoms with E-state index < -0.39 is 0 Å². The van der Waals surface area contributed by atoms with Crippen molar-refractivity contribution in [3.63, 3.8) is 0 Å². The summed E-state index contributed by atoms with van der Waals surface area (Å²) in [6, 6.07) is 9.12. The zero-order valence-electron chi connectivity index (χ0n) is 12.6. The Morgan fingerprint density at radius 1 is 1.42 bits per heavy atom. The zero-order chi connectivity index (χ0) is 16.8. The third-order valence-corrected chi connectivity index (χ3v) is 5.25. The number of rotatable bonds is 2. The van der Waals surface area contributed by atoms with Gasteiger partial charge in [0.05, 0.1) is 11.9 Å². The van der Waals surface area contributed by atoms with E-state index in [9.17, 15) is 9.90 Å². The molecule has 3 heterocycles. The zero-order valence-corrected chi connectivity index (χ0v) is 14.2. The average molecular weight is 363 g/mol. The van der Waals surface area contributed by atoms with Crippen LogP contribution in [0.2, 0.25) is 4.47 Å². The van der Waals surface area contributed by atoms with Gasteiger partial charge in [-0.2, -0.15) is 9.13 Å². The lowest BCUT2D eigenvalue weighted by Gasteiger charge is -2.09. The predicted octanol–water partition coefficient (Wildman–Crippen LogP) is 2.14. The first-order valence-corrected chi connectivity index (χ1v) is 8.44. The molecule has 122 valence electrons. The van der Waals surface area contributed by atoms with Gasteiger partial charge in [0.25, 0.3) is 0 Å². The van der Waals surface area contributed by atoms with Gasteiger partial charge >= 0.3 is 17.4 Å². The number of nitrogens with zero attached hydrogens (tertiary/aromatic N) is 3. The topological polar surface area (TPSA) is 68.2 Å². The summed E-state index contributed by atoms with van der Waals surface area (Å²) >= 11 is 7.25. The van der Waals surface area contributed by atoms with Crippen LogP contribution in [0.4, 0.5) is 0 Å². The summed E-state index contributed by atoms with van der Waals surface area (Å²) < 4.78 is 9.11. The maximum atomic E-state index is 12.7. The summed E-state index contributed by atoms with van der Waals surface area (Å²) in [6.45, 7) is 0.303. The number of hydrogen-bond donors (Lipinski definition) is 1. The van der Waals surface area contributed by atoms with E-state index in [1.54, 1.807) is 29.9 Å². The number of thiazole rings is 1. The highest BCUT2D eigenvalue weighted by molar-refractivity contribution is 7.15. The Morgan fingerprint density at radius 3 is 2.83 bits per heavy atom. The number of aromatic hydroxyl groups is 1. The normalized spacial score (nSPS) is 16.0. The lowest BCUT2D eigenvalue weighted by Crippen LogP contribution is -2.42. The van der Waals surface area contributed by atoms with Crippen LogP contribution in [0.1, 0.15) is 10.9 Å². The molecule has 0 amide bonds. The monoisotopic (exact) mass is 362 g/mol. The molecule has 0 bridgehead atoms. The van der Waals surface area contributed by atoms with Crippen LogP contribution in [-0.4, -0.2) is 21.3 Å². The molecule has 0 radical (unpaired) electrons. The van der Waals surface area contributed by atoms with Crippen molar-refractivity contribution in [2.75, 3.05) is 6.61 Å². The molecule has 0 aliphatic carbocycles. The van der Waals surface area contributed by atoms with Gasteiger partial charge < -0.3 is 9.84 Å². The van der Waals surface area contributed by atoms with Gasteiger partial charge in [-0.1, -0.05) is 41.9 Å². The van der Waals surface area contributed by atoms with E-state index in [0.29, 0.717) is 22.6 Å². The number of aromatic nitrogens is 3. The van der Waals surface area contributed by atoms with E-state index in [1.807, 2.05) is 18.2 Å². The lowest BCUT2D eigenvalue weighted by atomic mass is 10.1. The molecule has 24 heavy (non-hydrogen) atoms. The van der Waals surface area contributed by atoms with Crippen LogP contribution in [0.3, 0.4) is 0 Å². The van der Waals surface area contributed by atoms with Crippen molar-refractivity contribution < 1.29 is 14.4 Å². The first kappa shape index (κ1) is 15.2. The molecule has 1 aliphatic heterocycles. The summed E-state index contributed by atoms with van der Waals surface area (Å²) in [7, 11) is 1.63. The van der Waals surface area contributed by atoms with Gasteiger partial charge in [-0.05, 0) is 5.56 Å². The van der Waals surface area contributed by atoms with E-state index in [2.05, 4.69) is 4.98 Å². The Morgan fingerprint density at radius 2 is 2.17 bits per heavy atom. The molecule has 0 spiro atoms. The molecule has 4 rings (SSSR count). The van der Waals surface area contributed by atoms with Crippen molar-refractivity contribution in [3.8, 4) is 23.0 Å². The quantitative estimate of drug-likeness (QED) is 0.709. The molecule has 2 aromatic heterocycles. The van der Waals surface area contributed by atoms with Gasteiger partial charge in [-0.25, -0.2) is 9.78 Å². The minimum atomic E-state index is -0.312. The molecule has 0 saturated carbocycles. The molecule has 1 unspecified atom stereocenters. The van der Waals surface area contributed by atoms with Gasteiger partial charge in [0, 0.05) is 6.20 Å². The summed E-state index contributed by atoms with van der Waals surface area (Å²) in [6.07, 6.45) is 1.66. The van der Waals surface area contributed by atoms with E-state index in [-0.39, 0.29) is 23.0 Å². The molecular weight excluding hydrogens is 350 g/mol. The first-order chi connectivity index (χ1) is 11.6. The smallest absolute Gasteiger partial charge is 0.462 e. The molecule has 1 aromatic carbocycles. The fraction of sp³-hybridized carbons (Fsp3) is 0.188. The van der Waals surface area contributed by atoms with E-state index >= 15 is 0 Å². The number of hydrogen-bond acceptors (Lipinski definition) is 5. The summed E-state index contributed by atoms with van der Waals surface area (Å²) in [4.78, 5) is 17.6. The summed E-state index contributed by atoms with van der Waals surface area (Å²) in [5.41, 5.74) is 0.583. The van der Waals surface area contributed by atoms with Gasteiger partial charge in [-0.3, -0.25) is 0 Å². The number of benzene rings is 1. The molecule has 3 aromatic rings. The van der Waals surface area contributed by atoms with Crippen LogP contribution in [0.5, 0.6) is 11.9 Å². The molecule has 1 N–H and O–H groups in total. The third-order valence-electron chi connectivity index (χ3n) is 4.03. The minimum absolute atomic E-state index is 0.119. The molecule has 1 aliphatic rings. The Kier molecular flexibility index (Phi) is 3.54. The molecule has 0 saturated heterocycles. The Hall–Kier alpha value is -2.38. The van der Waals surface area contributed by atoms with Crippen LogP contribution in [0.15, 0.2) is 41.3 Å². The van der Waals surface area contributed by atoms with Gasteiger partial charge in [0.1, 0.15) is 6.61 Å². The highest BCUT2D eigenvalue weighted by Crippen LogP contribution is 2.33. The molecule has 0 fully saturated rings. The van der Waals surface area contributed by atoms with Crippen LogP contribution >= 0.6 is 22.9 Å². The third kappa shape index (κ3) is 2.20. The molecular formula is C16H13ClN3O3S+. The van der Waals surface area contributed by atoms with Gasteiger partial charge in [0.2, 0.25) is 0 Å². The van der Waals surface area contributed by atoms with Crippen LogP contribution in [-0.2, 0) is 7.05 Å². The molecule has 1 atom stereocenters. The second kappa shape index (κ2) is 5.61. The number of fused-ring (bicyclic) bond motifs is 1. The highest BCUT2D eigenvalue weighted by atomic mass is 35.5. The molecule has 6 nitrogen and oxygen atoms in total. The standard InChI is InChI=1S/C16H12ClN3O3S/c1-19-13(21)12(9-5-3-2-4-6-9)14(22)20-10(8-23-16(19)20)11-7-18-15(17)24-11/h2-7,10H,8H2,1H3/p+1. The fourth-order valence-corrected chi connectivity index (χ4v) is 3.91.